The molecule has 0 spiro atoms. The van der Waals surface area contributed by atoms with E-state index in [0.717, 1.165) is 6.42 Å². The molecule has 0 aliphatic rings. The minimum Gasteiger partial charge on any atom is -0.329 e. The molecule has 4 N–H and O–H groups in total. The summed E-state index contributed by atoms with van der Waals surface area (Å²) in [5.41, 5.74) is 11.1. The molecule has 0 fully saturated rings. The molecule has 0 radical (unpaired) electrons. The first-order valence-corrected chi connectivity index (χ1v) is 5.27. The van der Waals surface area contributed by atoms with Crippen LogP contribution in [-0.4, -0.2) is 12.6 Å². The van der Waals surface area contributed by atoms with Gasteiger partial charge in [0.1, 0.15) is 0 Å². The van der Waals surface area contributed by atoms with Gasteiger partial charge in [0.2, 0.25) is 0 Å². The molecule has 0 aromatic heterocycles. The zero-order valence-corrected chi connectivity index (χ0v) is 8.39. The van der Waals surface area contributed by atoms with Gasteiger partial charge in [-0.15, -0.1) is 0 Å². The van der Waals surface area contributed by atoms with Crippen molar-refractivity contribution in [3.8, 4) is 0 Å². The van der Waals surface area contributed by atoms with Gasteiger partial charge in [0, 0.05) is 12.6 Å². The maximum absolute atomic E-state index is 5.69. The maximum Gasteiger partial charge on any atom is 0.0163 e. The molecule has 1 atom stereocenters. The second-order valence-electron chi connectivity index (χ2n) is 3.55. The Morgan fingerprint density at radius 1 is 1.00 bits per heavy atom. The topological polar surface area (TPSA) is 52.0 Å². The molecule has 0 rings (SSSR count). The molecule has 1 unspecified atom stereocenters. The van der Waals surface area contributed by atoms with Crippen LogP contribution in [0.3, 0.4) is 0 Å². The quantitative estimate of drug-likeness (QED) is 0.550. The van der Waals surface area contributed by atoms with Gasteiger partial charge in [-0.2, -0.15) is 0 Å². The predicted molar refractivity (Wildman–Crippen MR) is 55.0 cm³/mol. The van der Waals surface area contributed by atoms with Crippen LogP contribution in [-0.2, 0) is 0 Å². The largest absolute Gasteiger partial charge is 0.329 e. The van der Waals surface area contributed by atoms with Crippen LogP contribution in [0.1, 0.15) is 51.9 Å². The van der Waals surface area contributed by atoms with E-state index in [1.54, 1.807) is 0 Å². The lowest BCUT2D eigenvalue weighted by Crippen LogP contribution is -2.29. The number of nitrogens with two attached hydrogens (primary N) is 2. The van der Waals surface area contributed by atoms with Crippen LogP contribution in [0.25, 0.3) is 0 Å². The van der Waals surface area contributed by atoms with Gasteiger partial charge in [0.05, 0.1) is 0 Å². The van der Waals surface area contributed by atoms with Crippen LogP contribution in [0.4, 0.5) is 0 Å². The highest BCUT2D eigenvalue weighted by atomic mass is 14.7. The van der Waals surface area contributed by atoms with E-state index >= 15 is 0 Å². The molecule has 0 saturated heterocycles. The minimum absolute atomic E-state index is 0.233. The SMILES string of the molecule is CCCCCCCCC(N)CN. The lowest BCUT2D eigenvalue weighted by Gasteiger charge is -2.07. The molecule has 74 valence electrons. The van der Waals surface area contributed by atoms with Crippen LogP contribution in [0.2, 0.25) is 0 Å². The highest BCUT2D eigenvalue weighted by Gasteiger charge is 1.97. The van der Waals surface area contributed by atoms with E-state index in [9.17, 15) is 0 Å². The third-order valence-electron chi connectivity index (χ3n) is 2.23. The van der Waals surface area contributed by atoms with Crippen LogP contribution in [0.5, 0.6) is 0 Å². The summed E-state index contributed by atoms with van der Waals surface area (Å²) in [6.07, 6.45) is 9.13. The summed E-state index contributed by atoms with van der Waals surface area (Å²) in [5.74, 6) is 0. The molecule has 2 nitrogen and oxygen atoms in total. The lowest BCUT2D eigenvalue weighted by atomic mass is 10.1. The lowest BCUT2D eigenvalue weighted by molar-refractivity contribution is 0.539. The molecular formula is C10H24N2. The fourth-order valence-corrected chi connectivity index (χ4v) is 1.30. The first kappa shape index (κ1) is 11.9. The van der Waals surface area contributed by atoms with E-state index in [2.05, 4.69) is 6.92 Å². The van der Waals surface area contributed by atoms with Gasteiger partial charge in [-0.3, -0.25) is 0 Å². The Labute approximate surface area is 76.7 Å². The fourth-order valence-electron chi connectivity index (χ4n) is 1.30. The first-order chi connectivity index (χ1) is 5.81. The molecule has 0 aliphatic heterocycles. The second-order valence-corrected chi connectivity index (χ2v) is 3.55. The monoisotopic (exact) mass is 172 g/mol. The molecule has 0 amide bonds. The highest BCUT2D eigenvalue weighted by molar-refractivity contribution is 4.60. The average Bonchev–Trinajstić information content (AvgIpc) is 2.10. The van der Waals surface area contributed by atoms with Crippen LogP contribution >= 0.6 is 0 Å². The zero-order chi connectivity index (χ0) is 9.23. The van der Waals surface area contributed by atoms with Crippen molar-refractivity contribution >= 4 is 0 Å². The van der Waals surface area contributed by atoms with Crippen LogP contribution in [0.15, 0.2) is 0 Å². The van der Waals surface area contributed by atoms with E-state index in [1.807, 2.05) is 0 Å². The number of hydrogen-bond acceptors (Lipinski definition) is 2. The molecule has 0 aromatic carbocycles. The first-order valence-electron chi connectivity index (χ1n) is 5.27. The van der Waals surface area contributed by atoms with Gasteiger partial charge < -0.3 is 11.5 Å². The van der Waals surface area contributed by atoms with E-state index in [-0.39, 0.29) is 6.04 Å². The van der Waals surface area contributed by atoms with E-state index < -0.39 is 0 Å². The number of unbranched alkanes of at least 4 members (excludes halogenated alkanes) is 5. The smallest absolute Gasteiger partial charge is 0.0163 e. The minimum atomic E-state index is 0.233. The van der Waals surface area contributed by atoms with Crippen LogP contribution < -0.4 is 11.5 Å². The van der Waals surface area contributed by atoms with Crippen LogP contribution in [0, 0.1) is 0 Å². The van der Waals surface area contributed by atoms with E-state index in [0.29, 0.717) is 6.54 Å². The van der Waals surface area contributed by atoms with Gasteiger partial charge in [-0.05, 0) is 6.42 Å². The van der Waals surface area contributed by atoms with Crippen molar-refractivity contribution in [2.75, 3.05) is 6.54 Å². The maximum atomic E-state index is 5.69. The van der Waals surface area contributed by atoms with Crippen molar-refractivity contribution in [1.82, 2.24) is 0 Å². The number of hydrogen-bond donors (Lipinski definition) is 2. The summed E-state index contributed by atoms with van der Waals surface area (Å²) in [7, 11) is 0. The van der Waals surface area contributed by atoms with Crippen molar-refractivity contribution in [2.45, 2.75) is 57.9 Å². The molecular weight excluding hydrogens is 148 g/mol. The Bertz CT molecular complexity index is 83.9. The van der Waals surface area contributed by atoms with Gasteiger partial charge in [-0.1, -0.05) is 45.4 Å². The van der Waals surface area contributed by atoms with Gasteiger partial charge in [-0.25, -0.2) is 0 Å². The van der Waals surface area contributed by atoms with Crippen molar-refractivity contribution in [3.05, 3.63) is 0 Å². The Balaban J connectivity index is 2.90. The Morgan fingerprint density at radius 2 is 1.58 bits per heavy atom. The summed E-state index contributed by atoms with van der Waals surface area (Å²) in [6.45, 7) is 2.87. The van der Waals surface area contributed by atoms with Gasteiger partial charge in [0.15, 0.2) is 0 Å². The van der Waals surface area contributed by atoms with Crippen molar-refractivity contribution in [2.24, 2.45) is 11.5 Å². The third-order valence-corrected chi connectivity index (χ3v) is 2.23. The van der Waals surface area contributed by atoms with Crippen molar-refractivity contribution < 1.29 is 0 Å². The van der Waals surface area contributed by atoms with E-state index in [1.165, 1.54) is 38.5 Å². The zero-order valence-electron chi connectivity index (χ0n) is 8.39. The Kier molecular flexibility index (Phi) is 8.95. The Hall–Kier alpha value is -0.0800. The predicted octanol–water partition coefficient (Wildman–Crippen LogP) is 2.02. The summed E-state index contributed by atoms with van der Waals surface area (Å²) in [5, 5.41) is 0. The normalized spacial score (nSPS) is 13.2. The van der Waals surface area contributed by atoms with Gasteiger partial charge in [0.25, 0.3) is 0 Å². The molecule has 2 heteroatoms. The summed E-state index contributed by atoms with van der Waals surface area (Å²) < 4.78 is 0. The molecule has 0 saturated carbocycles. The molecule has 0 aromatic rings. The third kappa shape index (κ3) is 8.02. The standard InChI is InChI=1S/C10H24N2/c1-2-3-4-5-6-7-8-10(12)9-11/h10H,2-9,11-12H2,1H3. The molecule has 0 heterocycles. The summed E-state index contributed by atoms with van der Waals surface area (Å²) >= 11 is 0. The van der Waals surface area contributed by atoms with E-state index in [4.69, 9.17) is 11.5 Å². The summed E-state index contributed by atoms with van der Waals surface area (Å²) in [4.78, 5) is 0. The second kappa shape index (κ2) is 9.01. The van der Waals surface area contributed by atoms with Crippen molar-refractivity contribution in [1.29, 1.82) is 0 Å². The Morgan fingerprint density at radius 3 is 2.17 bits per heavy atom. The fraction of sp³-hybridized carbons (Fsp3) is 1.00. The molecule has 12 heavy (non-hydrogen) atoms. The van der Waals surface area contributed by atoms with Crippen molar-refractivity contribution in [3.63, 3.8) is 0 Å². The summed E-state index contributed by atoms with van der Waals surface area (Å²) in [6, 6.07) is 0.233. The molecule has 0 bridgehead atoms. The van der Waals surface area contributed by atoms with Gasteiger partial charge >= 0.3 is 0 Å². The average molecular weight is 172 g/mol. The highest BCUT2D eigenvalue weighted by Crippen LogP contribution is 2.07. The number of rotatable bonds is 8. The molecule has 0 aliphatic carbocycles.